The third-order valence-corrected chi connectivity index (χ3v) is 4.59. The highest BCUT2D eigenvalue weighted by Gasteiger charge is 2.10. The maximum absolute atomic E-state index is 13.0. The molecule has 0 fully saturated rings. The van der Waals surface area contributed by atoms with Crippen molar-refractivity contribution in [3.8, 4) is 11.5 Å². The van der Waals surface area contributed by atoms with Crippen LogP contribution in [-0.4, -0.2) is 29.1 Å². The molecule has 0 aliphatic rings. The summed E-state index contributed by atoms with van der Waals surface area (Å²) in [4.78, 5) is 17.6. The van der Waals surface area contributed by atoms with Gasteiger partial charge in [0.1, 0.15) is 17.3 Å². The summed E-state index contributed by atoms with van der Waals surface area (Å²) in [6, 6.07) is 11.0. The molecule has 0 atom stereocenters. The van der Waals surface area contributed by atoms with Crippen molar-refractivity contribution in [2.75, 3.05) is 13.2 Å². The van der Waals surface area contributed by atoms with E-state index in [4.69, 9.17) is 9.47 Å². The second-order valence-electron chi connectivity index (χ2n) is 5.97. The van der Waals surface area contributed by atoms with Crippen LogP contribution >= 0.6 is 15.9 Å². The SMILES string of the molecule is CCOc1ccc(C=Nn2c(CC)nc3ccc(Br)cc3c2=O)c(OCC)c1. The number of halogens is 1. The normalized spacial score (nSPS) is 11.3. The monoisotopic (exact) mass is 443 g/mol. The van der Waals surface area contributed by atoms with Crippen LogP contribution in [0.1, 0.15) is 32.2 Å². The van der Waals surface area contributed by atoms with Gasteiger partial charge in [0.15, 0.2) is 0 Å². The third-order valence-electron chi connectivity index (χ3n) is 4.10. The second-order valence-corrected chi connectivity index (χ2v) is 6.89. The van der Waals surface area contributed by atoms with E-state index in [0.29, 0.717) is 42.1 Å². The zero-order chi connectivity index (χ0) is 20.1. The highest BCUT2D eigenvalue weighted by Crippen LogP contribution is 2.24. The van der Waals surface area contributed by atoms with E-state index in [9.17, 15) is 4.79 Å². The molecule has 0 saturated heterocycles. The fourth-order valence-electron chi connectivity index (χ4n) is 2.82. The van der Waals surface area contributed by atoms with Crippen molar-refractivity contribution in [1.82, 2.24) is 9.66 Å². The number of aromatic nitrogens is 2. The molecule has 0 spiro atoms. The number of aryl methyl sites for hydroxylation is 1. The van der Waals surface area contributed by atoms with Crippen LogP contribution in [0.2, 0.25) is 0 Å². The van der Waals surface area contributed by atoms with Crippen LogP contribution in [-0.2, 0) is 6.42 Å². The number of benzene rings is 2. The molecule has 3 aromatic rings. The van der Waals surface area contributed by atoms with Crippen molar-refractivity contribution in [1.29, 1.82) is 0 Å². The molecule has 1 heterocycles. The number of nitrogens with zero attached hydrogens (tertiary/aromatic N) is 3. The maximum Gasteiger partial charge on any atom is 0.282 e. The molecular formula is C21H22BrN3O3. The summed E-state index contributed by atoms with van der Waals surface area (Å²) in [5.74, 6) is 1.98. The summed E-state index contributed by atoms with van der Waals surface area (Å²) in [7, 11) is 0. The number of rotatable bonds is 7. The Balaban J connectivity index is 2.08. The Bertz CT molecular complexity index is 1080. The van der Waals surface area contributed by atoms with Gasteiger partial charge >= 0.3 is 0 Å². The van der Waals surface area contributed by atoms with Gasteiger partial charge in [-0.2, -0.15) is 9.78 Å². The van der Waals surface area contributed by atoms with Gasteiger partial charge in [0.25, 0.3) is 5.56 Å². The minimum absolute atomic E-state index is 0.205. The summed E-state index contributed by atoms with van der Waals surface area (Å²) in [6.45, 7) is 6.88. The fraction of sp³-hybridized carbons (Fsp3) is 0.286. The molecule has 7 heteroatoms. The molecule has 0 aliphatic carbocycles. The van der Waals surface area contributed by atoms with E-state index in [1.54, 1.807) is 12.3 Å². The van der Waals surface area contributed by atoms with Gasteiger partial charge < -0.3 is 9.47 Å². The number of ether oxygens (including phenoxy) is 2. The Labute approximate surface area is 171 Å². The topological polar surface area (TPSA) is 65.7 Å². The van der Waals surface area contributed by atoms with Crippen LogP contribution < -0.4 is 15.0 Å². The average Bonchev–Trinajstić information content (AvgIpc) is 2.69. The minimum atomic E-state index is -0.205. The quantitative estimate of drug-likeness (QED) is 0.507. The van der Waals surface area contributed by atoms with Crippen LogP contribution in [0.25, 0.3) is 10.9 Å². The third kappa shape index (κ3) is 4.25. The molecule has 6 nitrogen and oxygen atoms in total. The van der Waals surface area contributed by atoms with Gasteiger partial charge in [0.2, 0.25) is 0 Å². The van der Waals surface area contributed by atoms with Crippen LogP contribution in [0.15, 0.2) is 50.8 Å². The molecule has 146 valence electrons. The molecule has 0 unspecified atom stereocenters. The van der Waals surface area contributed by atoms with Crippen molar-refractivity contribution >= 4 is 33.0 Å². The number of hydrogen-bond acceptors (Lipinski definition) is 5. The predicted molar refractivity (Wildman–Crippen MR) is 115 cm³/mol. The van der Waals surface area contributed by atoms with Crippen molar-refractivity contribution in [2.45, 2.75) is 27.2 Å². The molecule has 28 heavy (non-hydrogen) atoms. The van der Waals surface area contributed by atoms with Crippen molar-refractivity contribution in [3.05, 3.63) is 62.6 Å². The van der Waals surface area contributed by atoms with Gasteiger partial charge in [0, 0.05) is 22.5 Å². The average molecular weight is 444 g/mol. The second kappa shape index (κ2) is 9.01. The van der Waals surface area contributed by atoms with Crippen LogP contribution in [0.5, 0.6) is 11.5 Å². The molecule has 0 bridgehead atoms. The molecule has 0 aliphatic heterocycles. The first-order valence-electron chi connectivity index (χ1n) is 9.22. The summed E-state index contributed by atoms with van der Waals surface area (Å²) < 4.78 is 13.4. The standard InChI is InChI=1S/C21H22BrN3O3/c1-4-20-24-18-10-8-15(22)11-17(18)21(26)25(20)23-13-14-7-9-16(27-5-2)12-19(14)28-6-3/h7-13H,4-6H2,1-3H3. The minimum Gasteiger partial charge on any atom is -0.494 e. The molecular weight excluding hydrogens is 422 g/mol. The van der Waals surface area contributed by atoms with Gasteiger partial charge in [0.05, 0.1) is 30.3 Å². The van der Waals surface area contributed by atoms with E-state index < -0.39 is 0 Å². The highest BCUT2D eigenvalue weighted by molar-refractivity contribution is 9.10. The van der Waals surface area contributed by atoms with Crippen LogP contribution in [0.4, 0.5) is 0 Å². The van der Waals surface area contributed by atoms with Gasteiger partial charge in [-0.3, -0.25) is 4.79 Å². The molecule has 0 amide bonds. The van der Waals surface area contributed by atoms with Gasteiger partial charge in [-0.25, -0.2) is 4.98 Å². The molecule has 0 N–H and O–H groups in total. The molecule has 2 aromatic carbocycles. The first-order valence-corrected chi connectivity index (χ1v) is 10.0. The fourth-order valence-corrected chi connectivity index (χ4v) is 3.18. The van der Waals surface area contributed by atoms with E-state index in [-0.39, 0.29) is 5.56 Å². The van der Waals surface area contributed by atoms with Crippen molar-refractivity contribution < 1.29 is 9.47 Å². The Morgan fingerprint density at radius 1 is 1.11 bits per heavy atom. The van der Waals surface area contributed by atoms with Crippen LogP contribution in [0.3, 0.4) is 0 Å². The van der Waals surface area contributed by atoms with Gasteiger partial charge in [-0.15, -0.1) is 0 Å². The Morgan fingerprint density at radius 2 is 1.89 bits per heavy atom. The highest BCUT2D eigenvalue weighted by atomic mass is 79.9. The number of hydrogen-bond donors (Lipinski definition) is 0. The van der Waals surface area contributed by atoms with Crippen molar-refractivity contribution in [2.24, 2.45) is 5.10 Å². The first-order chi connectivity index (χ1) is 13.6. The Morgan fingerprint density at radius 3 is 2.61 bits per heavy atom. The summed E-state index contributed by atoms with van der Waals surface area (Å²) in [5, 5.41) is 4.94. The van der Waals surface area contributed by atoms with Gasteiger partial charge in [-0.1, -0.05) is 22.9 Å². The molecule has 1 aromatic heterocycles. The van der Waals surface area contributed by atoms with E-state index >= 15 is 0 Å². The smallest absolute Gasteiger partial charge is 0.282 e. The molecule has 3 rings (SSSR count). The van der Waals surface area contributed by atoms with E-state index in [1.807, 2.05) is 51.1 Å². The maximum atomic E-state index is 13.0. The summed E-state index contributed by atoms with van der Waals surface area (Å²) >= 11 is 3.41. The van der Waals surface area contributed by atoms with Crippen molar-refractivity contribution in [3.63, 3.8) is 0 Å². The lowest BCUT2D eigenvalue weighted by Gasteiger charge is -2.11. The summed E-state index contributed by atoms with van der Waals surface area (Å²) in [6.07, 6.45) is 2.20. The van der Waals surface area contributed by atoms with E-state index in [1.165, 1.54) is 4.68 Å². The van der Waals surface area contributed by atoms with Crippen LogP contribution in [0, 0.1) is 0 Å². The lowest BCUT2D eigenvalue weighted by atomic mass is 10.2. The largest absolute Gasteiger partial charge is 0.494 e. The summed E-state index contributed by atoms with van der Waals surface area (Å²) in [5.41, 5.74) is 1.21. The Hall–Kier alpha value is -2.67. The molecule has 0 saturated carbocycles. The lowest BCUT2D eigenvalue weighted by Crippen LogP contribution is -2.22. The van der Waals surface area contributed by atoms with Gasteiger partial charge in [-0.05, 0) is 44.2 Å². The lowest BCUT2D eigenvalue weighted by molar-refractivity contribution is 0.323. The van der Waals surface area contributed by atoms with E-state index in [0.717, 1.165) is 15.8 Å². The van der Waals surface area contributed by atoms with E-state index in [2.05, 4.69) is 26.0 Å². The Kier molecular flexibility index (Phi) is 6.46. The number of fused-ring (bicyclic) bond motifs is 1. The first kappa shape index (κ1) is 20.1. The predicted octanol–water partition coefficient (Wildman–Crippen LogP) is 4.40. The zero-order valence-electron chi connectivity index (χ0n) is 16.1. The molecule has 0 radical (unpaired) electrons. The zero-order valence-corrected chi connectivity index (χ0v) is 17.7.